The van der Waals surface area contributed by atoms with Crippen molar-refractivity contribution in [3.8, 4) is 0 Å². The molecule has 5 nitrogen and oxygen atoms in total. The third-order valence-electron chi connectivity index (χ3n) is 2.73. The van der Waals surface area contributed by atoms with Crippen molar-refractivity contribution in [3.05, 3.63) is 17.5 Å². The summed E-state index contributed by atoms with van der Waals surface area (Å²) in [5.74, 6) is 0.0294. The van der Waals surface area contributed by atoms with Crippen LogP contribution in [0.25, 0.3) is 0 Å². The molecule has 1 atom stereocenters. The van der Waals surface area contributed by atoms with E-state index in [1.54, 1.807) is 0 Å². The molecule has 0 aromatic carbocycles. The van der Waals surface area contributed by atoms with Gasteiger partial charge in [-0.2, -0.15) is 0 Å². The van der Waals surface area contributed by atoms with Gasteiger partial charge in [0.1, 0.15) is 0 Å². The second kappa shape index (κ2) is 6.10. The van der Waals surface area contributed by atoms with Crippen LogP contribution in [0.15, 0.2) is 6.07 Å². The monoisotopic (exact) mass is 264 g/mol. The van der Waals surface area contributed by atoms with E-state index in [0.717, 1.165) is 17.8 Å². The van der Waals surface area contributed by atoms with Crippen molar-refractivity contribution in [2.75, 3.05) is 11.9 Å². The number of aromatic nitrogens is 2. The highest BCUT2D eigenvalue weighted by Gasteiger charge is 2.24. The van der Waals surface area contributed by atoms with Gasteiger partial charge in [0.2, 0.25) is 11.9 Å². The summed E-state index contributed by atoms with van der Waals surface area (Å²) in [5, 5.41) is 2.76. The maximum absolute atomic E-state index is 12.2. The minimum Gasteiger partial charge on any atom is -0.330 e. The number of amides is 1. The van der Waals surface area contributed by atoms with Gasteiger partial charge in [-0.05, 0) is 31.7 Å². The van der Waals surface area contributed by atoms with E-state index in [1.165, 1.54) is 0 Å². The highest BCUT2D eigenvalue weighted by atomic mass is 16.2. The second-order valence-electron chi connectivity index (χ2n) is 6.16. The van der Waals surface area contributed by atoms with Gasteiger partial charge in [-0.3, -0.25) is 10.1 Å². The van der Waals surface area contributed by atoms with E-state index in [-0.39, 0.29) is 17.2 Å². The van der Waals surface area contributed by atoms with Crippen LogP contribution in [0.5, 0.6) is 0 Å². The fourth-order valence-corrected chi connectivity index (χ4v) is 2.02. The molecule has 1 aromatic heterocycles. The fourth-order valence-electron chi connectivity index (χ4n) is 2.02. The number of nitrogens with one attached hydrogen (secondary N) is 1. The third-order valence-corrected chi connectivity index (χ3v) is 2.73. The number of hydrogen-bond donors (Lipinski definition) is 2. The number of hydrogen-bond acceptors (Lipinski definition) is 4. The molecule has 19 heavy (non-hydrogen) atoms. The van der Waals surface area contributed by atoms with Crippen molar-refractivity contribution < 1.29 is 4.79 Å². The molecule has 3 N–H and O–H groups in total. The minimum absolute atomic E-state index is 0.0603. The number of aryl methyl sites for hydroxylation is 2. The average molecular weight is 264 g/mol. The SMILES string of the molecule is Cc1cc(C)nc(NC(=O)C(CN)CC(C)(C)C)n1. The number of nitrogens with two attached hydrogens (primary N) is 1. The molecule has 106 valence electrons. The Morgan fingerprint density at radius 1 is 1.32 bits per heavy atom. The predicted molar refractivity (Wildman–Crippen MR) is 76.8 cm³/mol. The summed E-state index contributed by atoms with van der Waals surface area (Å²) >= 11 is 0. The van der Waals surface area contributed by atoms with Crippen molar-refractivity contribution in [3.63, 3.8) is 0 Å². The molecule has 0 fully saturated rings. The number of carbonyl (C=O) groups is 1. The Morgan fingerprint density at radius 2 is 1.84 bits per heavy atom. The van der Waals surface area contributed by atoms with Crippen LogP contribution in [0.3, 0.4) is 0 Å². The first kappa shape index (κ1) is 15.6. The van der Waals surface area contributed by atoms with Crippen molar-refractivity contribution >= 4 is 11.9 Å². The largest absolute Gasteiger partial charge is 0.330 e. The molecule has 1 amide bonds. The number of carbonyl (C=O) groups excluding carboxylic acids is 1. The van der Waals surface area contributed by atoms with Crippen LogP contribution in [-0.4, -0.2) is 22.4 Å². The summed E-state index contributed by atoms with van der Waals surface area (Å²) in [6.07, 6.45) is 0.736. The van der Waals surface area contributed by atoms with Gasteiger partial charge >= 0.3 is 0 Å². The normalized spacial score (nSPS) is 13.2. The Hall–Kier alpha value is -1.49. The van der Waals surface area contributed by atoms with Gasteiger partial charge in [-0.1, -0.05) is 20.8 Å². The molecule has 1 heterocycles. The lowest BCUT2D eigenvalue weighted by molar-refractivity contribution is -0.120. The Balaban J connectivity index is 2.77. The zero-order valence-corrected chi connectivity index (χ0v) is 12.4. The van der Waals surface area contributed by atoms with E-state index in [9.17, 15) is 4.79 Å². The van der Waals surface area contributed by atoms with Crippen LogP contribution in [0.1, 0.15) is 38.6 Å². The van der Waals surface area contributed by atoms with Gasteiger partial charge in [0.05, 0.1) is 5.92 Å². The summed E-state index contributed by atoms with van der Waals surface area (Å²) in [7, 11) is 0. The standard InChI is InChI=1S/C14H24N4O/c1-9-6-10(2)17-13(16-9)18-12(19)11(8-15)7-14(3,4)5/h6,11H,7-8,15H2,1-5H3,(H,16,17,18,19). The molecule has 0 radical (unpaired) electrons. The lowest BCUT2D eigenvalue weighted by Crippen LogP contribution is -2.33. The van der Waals surface area contributed by atoms with Gasteiger partial charge in [-0.15, -0.1) is 0 Å². The molecule has 0 saturated carbocycles. The molecule has 0 spiro atoms. The van der Waals surface area contributed by atoms with E-state index in [4.69, 9.17) is 5.73 Å². The molecule has 5 heteroatoms. The van der Waals surface area contributed by atoms with Crippen LogP contribution >= 0.6 is 0 Å². The second-order valence-corrected chi connectivity index (χ2v) is 6.16. The van der Waals surface area contributed by atoms with Crippen LogP contribution in [0, 0.1) is 25.2 Å². The van der Waals surface area contributed by atoms with Gasteiger partial charge in [0.25, 0.3) is 0 Å². The topological polar surface area (TPSA) is 80.9 Å². The number of rotatable bonds is 4. The van der Waals surface area contributed by atoms with Crippen molar-refractivity contribution in [2.45, 2.75) is 41.0 Å². The quantitative estimate of drug-likeness (QED) is 0.872. The van der Waals surface area contributed by atoms with Gasteiger partial charge in [0, 0.05) is 17.9 Å². The summed E-state index contributed by atoms with van der Waals surface area (Å²) < 4.78 is 0. The molecule has 0 saturated heterocycles. The van der Waals surface area contributed by atoms with Crippen LogP contribution in [-0.2, 0) is 4.79 Å². The third kappa shape index (κ3) is 5.34. The Bertz CT molecular complexity index is 431. The summed E-state index contributed by atoms with van der Waals surface area (Å²) in [5.41, 5.74) is 7.43. The maximum atomic E-state index is 12.2. The molecule has 1 rings (SSSR count). The number of anilines is 1. The molecular weight excluding hydrogens is 240 g/mol. The van der Waals surface area contributed by atoms with Crippen molar-refractivity contribution in [1.82, 2.24) is 9.97 Å². The maximum Gasteiger partial charge on any atom is 0.231 e. The minimum atomic E-state index is -0.218. The average Bonchev–Trinajstić information content (AvgIpc) is 2.22. The summed E-state index contributed by atoms with van der Waals surface area (Å²) in [6, 6.07) is 1.87. The lowest BCUT2D eigenvalue weighted by Gasteiger charge is -2.24. The first-order valence-corrected chi connectivity index (χ1v) is 6.54. The molecule has 0 bridgehead atoms. The Labute approximate surface area is 115 Å². The van der Waals surface area contributed by atoms with Crippen molar-refractivity contribution in [1.29, 1.82) is 0 Å². The molecular formula is C14H24N4O. The molecule has 0 aliphatic rings. The fraction of sp³-hybridized carbons (Fsp3) is 0.643. The van der Waals surface area contributed by atoms with E-state index in [0.29, 0.717) is 12.5 Å². The first-order chi connectivity index (χ1) is 8.71. The predicted octanol–water partition coefficient (Wildman–Crippen LogP) is 2.04. The molecule has 0 aliphatic heterocycles. The number of nitrogens with zero attached hydrogens (tertiary/aromatic N) is 2. The zero-order valence-electron chi connectivity index (χ0n) is 12.4. The summed E-state index contributed by atoms with van der Waals surface area (Å²) in [4.78, 5) is 20.6. The highest BCUT2D eigenvalue weighted by Crippen LogP contribution is 2.24. The van der Waals surface area contributed by atoms with Crippen LogP contribution < -0.4 is 11.1 Å². The highest BCUT2D eigenvalue weighted by molar-refractivity contribution is 5.91. The van der Waals surface area contributed by atoms with Gasteiger partial charge < -0.3 is 5.73 Å². The Morgan fingerprint density at radius 3 is 2.26 bits per heavy atom. The molecule has 0 aliphatic carbocycles. The summed E-state index contributed by atoms with van der Waals surface area (Å²) in [6.45, 7) is 10.4. The van der Waals surface area contributed by atoms with E-state index in [2.05, 4.69) is 36.1 Å². The van der Waals surface area contributed by atoms with Crippen molar-refractivity contribution in [2.24, 2.45) is 17.1 Å². The molecule has 1 aromatic rings. The van der Waals surface area contributed by atoms with Crippen LogP contribution in [0.4, 0.5) is 5.95 Å². The van der Waals surface area contributed by atoms with E-state index >= 15 is 0 Å². The van der Waals surface area contributed by atoms with E-state index < -0.39 is 0 Å². The van der Waals surface area contributed by atoms with Crippen LogP contribution in [0.2, 0.25) is 0 Å². The smallest absolute Gasteiger partial charge is 0.231 e. The zero-order chi connectivity index (χ0) is 14.6. The Kier molecular flexibility index (Phi) is 5.00. The van der Waals surface area contributed by atoms with Gasteiger partial charge in [-0.25, -0.2) is 9.97 Å². The molecule has 1 unspecified atom stereocenters. The van der Waals surface area contributed by atoms with E-state index in [1.807, 2.05) is 19.9 Å². The lowest BCUT2D eigenvalue weighted by atomic mass is 9.84. The first-order valence-electron chi connectivity index (χ1n) is 6.54. The van der Waals surface area contributed by atoms with Gasteiger partial charge in [0.15, 0.2) is 0 Å².